The van der Waals surface area contributed by atoms with E-state index in [-0.39, 0.29) is 0 Å². The van der Waals surface area contributed by atoms with E-state index in [1.54, 1.807) is 12.1 Å². The molecule has 0 heterocycles. The first-order valence-electron chi connectivity index (χ1n) is 3.97. The van der Waals surface area contributed by atoms with Gasteiger partial charge in [-0.15, -0.1) is 0 Å². The molecule has 0 atom stereocenters. The van der Waals surface area contributed by atoms with Gasteiger partial charge < -0.3 is 11.1 Å². The lowest BCUT2D eigenvalue weighted by Gasteiger charge is -2.03. The Morgan fingerprint density at radius 1 is 1.47 bits per heavy atom. The maximum atomic E-state index is 10.6. The molecule has 0 fully saturated rings. The summed E-state index contributed by atoms with van der Waals surface area (Å²) in [6, 6.07) is 5.29. The van der Waals surface area contributed by atoms with Crippen LogP contribution in [0.15, 0.2) is 24.3 Å². The van der Waals surface area contributed by atoms with Gasteiger partial charge in [0, 0.05) is 5.69 Å². The number of urea groups is 1. The van der Waals surface area contributed by atoms with E-state index < -0.39 is 21.9 Å². The maximum Gasteiger partial charge on any atom is 0.316 e. The van der Waals surface area contributed by atoms with Crippen LogP contribution >= 0.6 is 0 Å². The van der Waals surface area contributed by atoms with Crippen LogP contribution in [0.25, 0.3) is 0 Å². The molecule has 1 aromatic rings. The third kappa shape index (κ3) is 4.43. The molecule has 0 radical (unpaired) electrons. The average molecular weight is 230 g/mol. The van der Waals surface area contributed by atoms with Crippen LogP contribution in [0.3, 0.4) is 0 Å². The van der Waals surface area contributed by atoms with Gasteiger partial charge in [0.25, 0.3) is 10.1 Å². The van der Waals surface area contributed by atoms with Crippen molar-refractivity contribution in [3.63, 3.8) is 0 Å². The molecule has 0 aliphatic carbocycles. The molecule has 2 amide bonds. The number of carbonyl (C=O) groups excluding carboxylic acids is 1. The first-order valence-corrected chi connectivity index (χ1v) is 5.58. The number of carbonyl (C=O) groups is 1. The van der Waals surface area contributed by atoms with Crippen LogP contribution in [0, 0.1) is 0 Å². The Balaban J connectivity index is 2.88. The zero-order valence-corrected chi connectivity index (χ0v) is 8.49. The van der Waals surface area contributed by atoms with Crippen molar-refractivity contribution in [2.45, 2.75) is 5.75 Å². The van der Waals surface area contributed by atoms with Gasteiger partial charge in [-0.2, -0.15) is 8.42 Å². The van der Waals surface area contributed by atoms with Crippen molar-refractivity contribution in [3.05, 3.63) is 29.8 Å². The van der Waals surface area contributed by atoms with E-state index in [2.05, 4.69) is 5.32 Å². The highest BCUT2D eigenvalue weighted by Crippen LogP contribution is 2.12. The number of primary amides is 1. The standard InChI is InChI=1S/C8H10N2O4S/c9-8(11)10-7-3-1-2-6(4-7)5-15(12,13)14/h1-4H,5H2,(H3,9,10,11)(H,12,13,14). The summed E-state index contributed by atoms with van der Waals surface area (Å²) in [5.74, 6) is -0.499. The zero-order valence-electron chi connectivity index (χ0n) is 7.67. The molecule has 15 heavy (non-hydrogen) atoms. The third-order valence-electron chi connectivity index (χ3n) is 1.54. The van der Waals surface area contributed by atoms with Gasteiger partial charge in [-0.05, 0) is 17.7 Å². The Morgan fingerprint density at radius 3 is 2.67 bits per heavy atom. The first kappa shape index (κ1) is 11.5. The maximum absolute atomic E-state index is 10.6. The quantitative estimate of drug-likeness (QED) is 0.659. The largest absolute Gasteiger partial charge is 0.351 e. The Morgan fingerprint density at radius 2 is 2.13 bits per heavy atom. The number of hydrogen-bond donors (Lipinski definition) is 3. The molecule has 1 rings (SSSR count). The van der Waals surface area contributed by atoms with E-state index >= 15 is 0 Å². The minimum Gasteiger partial charge on any atom is -0.351 e. The Hall–Kier alpha value is -1.60. The van der Waals surface area contributed by atoms with Gasteiger partial charge in [0.1, 0.15) is 5.75 Å². The molecule has 7 heteroatoms. The van der Waals surface area contributed by atoms with Crippen LogP contribution in [-0.4, -0.2) is 19.0 Å². The topological polar surface area (TPSA) is 109 Å². The lowest BCUT2D eigenvalue weighted by Crippen LogP contribution is -2.19. The number of rotatable bonds is 3. The Kier molecular flexibility index (Phi) is 3.28. The summed E-state index contributed by atoms with van der Waals surface area (Å²) in [4.78, 5) is 10.5. The van der Waals surface area contributed by atoms with Gasteiger partial charge in [-0.1, -0.05) is 12.1 Å². The summed E-state index contributed by atoms with van der Waals surface area (Å²) in [6.45, 7) is 0. The van der Waals surface area contributed by atoms with Gasteiger partial charge >= 0.3 is 6.03 Å². The summed E-state index contributed by atoms with van der Waals surface area (Å²) < 4.78 is 29.8. The van der Waals surface area contributed by atoms with Crippen molar-refractivity contribution in [2.75, 3.05) is 5.32 Å². The van der Waals surface area contributed by atoms with E-state index in [0.717, 1.165) is 0 Å². The fourth-order valence-electron chi connectivity index (χ4n) is 1.09. The molecule has 0 aliphatic rings. The van der Waals surface area contributed by atoms with Crippen molar-refractivity contribution in [3.8, 4) is 0 Å². The van der Waals surface area contributed by atoms with Crippen LogP contribution in [0.1, 0.15) is 5.56 Å². The molecule has 0 spiro atoms. The fourth-order valence-corrected chi connectivity index (χ4v) is 1.69. The SMILES string of the molecule is NC(=O)Nc1cccc(CS(=O)(=O)O)c1. The van der Waals surface area contributed by atoms with Crippen LogP contribution in [0.5, 0.6) is 0 Å². The average Bonchev–Trinajstić information content (AvgIpc) is 1.99. The van der Waals surface area contributed by atoms with Crippen LogP contribution < -0.4 is 11.1 Å². The second-order valence-corrected chi connectivity index (χ2v) is 4.37. The Labute approximate surface area is 86.8 Å². The van der Waals surface area contributed by atoms with Crippen molar-refractivity contribution in [2.24, 2.45) is 5.73 Å². The van der Waals surface area contributed by atoms with E-state index in [4.69, 9.17) is 10.3 Å². The van der Waals surface area contributed by atoms with Crippen molar-refractivity contribution in [1.82, 2.24) is 0 Å². The monoisotopic (exact) mass is 230 g/mol. The third-order valence-corrected chi connectivity index (χ3v) is 2.24. The number of nitrogens with two attached hydrogens (primary N) is 1. The van der Waals surface area contributed by atoms with Crippen LogP contribution in [-0.2, 0) is 15.9 Å². The highest BCUT2D eigenvalue weighted by Gasteiger charge is 2.07. The molecule has 4 N–H and O–H groups in total. The van der Waals surface area contributed by atoms with Crippen molar-refractivity contribution >= 4 is 21.8 Å². The minimum atomic E-state index is -4.07. The predicted molar refractivity (Wildman–Crippen MR) is 54.9 cm³/mol. The number of amides is 2. The summed E-state index contributed by atoms with van der Waals surface area (Å²) in [7, 11) is -4.07. The van der Waals surface area contributed by atoms with Gasteiger partial charge in [0.2, 0.25) is 0 Å². The lowest BCUT2D eigenvalue weighted by molar-refractivity contribution is 0.259. The van der Waals surface area contributed by atoms with E-state index in [0.29, 0.717) is 11.3 Å². The second-order valence-electron chi connectivity index (χ2n) is 2.92. The molecule has 0 saturated carbocycles. The smallest absolute Gasteiger partial charge is 0.316 e. The summed E-state index contributed by atoms with van der Waals surface area (Å²) in [5, 5.41) is 2.29. The first-order chi connectivity index (χ1) is 6.87. The summed E-state index contributed by atoms with van der Waals surface area (Å²) in [6.07, 6.45) is 0. The molecule has 0 aliphatic heterocycles. The van der Waals surface area contributed by atoms with Crippen LogP contribution in [0.2, 0.25) is 0 Å². The van der Waals surface area contributed by atoms with Gasteiger partial charge in [0.05, 0.1) is 0 Å². The molecule has 0 saturated heterocycles. The fraction of sp³-hybridized carbons (Fsp3) is 0.125. The molecule has 82 valence electrons. The molecule has 1 aromatic carbocycles. The zero-order chi connectivity index (χ0) is 11.5. The van der Waals surface area contributed by atoms with Crippen molar-refractivity contribution in [1.29, 1.82) is 0 Å². The molecular weight excluding hydrogens is 220 g/mol. The molecule has 0 unspecified atom stereocenters. The molecular formula is C8H10N2O4S. The summed E-state index contributed by atoms with van der Waals surface area (Å²) in [5.41, 5.74) is 5.63. The van der Waals surface area contributed by atoms with Gasteiger partial charge in [-0.3, -0.25) is 4.55 Å². The molecule has 0 bridgehead atoms. The van der Waals surface area contributed by atoms with Gasteiger partial charge in [-0.25, -0.2) is 4.79 Å². The number of nitrogens with one attached hydrogen (secondary N) is 1. The lowest BCUT2D eigenvalue weighted by atomic mass is 10.2. The number of anilines is 1. The summed E-state index contributed by atoms with van der Waals surface area (Å²) >= 11 is 0. The number of hydrogen-bond acceptors (Lipinski definition) is 3. The van der Waals surface area contributed by atoms with Gasteiger partial charge in [0.15, 0.2) is 0 Å². The van der Waals surface area contributed by atoms with E-state index in [1.165, 1.54) is 12.1 Å². The highest BCUT2D eigenvalue weighted by molar-refractivity contribution is 7.85. The minimum absolute atomic E-state index is 0.365. The molecule has 0 aromatic heterocycles. The van der Waals surface area contributed by atoms with E-state index in [9.17, 15) is 13.2 Å². The van der Waals surface area contributed by atoms with E-state index in [1.807, 2.05) is 0 Å². The normalized spacial score (nSPS) is 11.0. The Bertz CT molecular complexity index is 469. The van der Waals surface area contributed by atoms with Crippen LogP contribution in [0.4, 0.5) is 10.5 Å². The predicted octanol–water partition coefficient (Wildman–Crippen LogP) is 0.565. The molecule has 6 nitrogen and oxygen atoms in total. The van der Waals surface area contributed by atoms with Crippen molar-refractivity contribution < 1.29 is 17.8 Å². The second kappa shape index (κ2) is 4.28. The highest BCUT2D eigenvalue weighted by atomic mass is 32.2. The number of benzene rings is 1.